The number of alkyl halides is 3. The van der Waals surface area contributed by atoms with Crippen LogP contribution in [-0.4, -0.2) is 76.0 Å². The zero-order valence-corrected chi connectivity index (χ0v) is 22.7. The molecule has 12 heteroatoms. The molecule has 1 unspecified atom stereocenters. The molecule has 3 heterocycles. The summed E-state index contributed by atoms with van der Waals surface area (Å²) in [6.45, 7) is 2.79. The summed E-state index contributed by atoms with van der Waals surface area (Å²) in [6, 6.07) is 9.15. The lowest BCUT2D eigenvalue weighted by atomic mass is 10.1. The molecular weight excluding hydrogens is 535 g/mol. The maximum Gasteiger partial charge on any atom is 0.393 e. The van der Waals surface area contributed by atoms with Crippen LogP contribution in [0.25, 0.3) is 10.2 Å². The van der Waals surface area contributed by atoms with Crippen molar-refractivity contribution in [3.05, 3.63) is 47.1 Å². The van der Waals surface area contributed by atoms with Gasteiger partial charge in [-0.1, -0.05) is 12.1 Å². The van der Waals surface area contributed by atoms with Crippen LogP contribution in [0.15, 0.2) is 36.7 Å². The van der Waals surface area contributed by atoms with Crippen molar-refractivity contribution in [1.82, 2.24) is 14.9 Å². The summed E-state index contributed by atoms with van der Waals surface area (Å²) in [5, 5.41) is 0.616. The van der Waals surface area contributed by atoms with E-state index >= 15 is 0 Å². The fourth-order valence-electron chi connectivity index (χ4n) is 4.68. The minimum absolute atomic E-state index is 0.0134. The van der Waals surface area contributed by atoms with Gasteiger partial charge in [0.2, 0.25) is 5.91 Å². The lowest BCUT2D eigenvalue weighted by Gasteiger charge is -2.35. The number of rotatable bonds is 8. The summed E-state index contributed by atoms with van der Waals surface area (Å²) in [6.07, 6.45) is 0.338. The van der Waals surface area contributed by atoms with Crippen LogP contribution in [-0.2, 0) is 27.3 Å². The monoisotopic (exact) mass is 565 g/mol. The third kappa shape index (κ3) is 6.40. The summed E-state index contributed by atoms with van der Waals surface area (Å²) in [4.78, 5) is 26.0. The van der Waals surface area contributed by atoms with Crippen molar-refractivity contribution in [3.63, 3.8) is 0 Å². The Hall–Kier alpha value is -2.86. The summed E-state index contributed by atoms with van der Waals surface area (Å²) < 4.78 is 53.1. The van der Waals surface area contributed by atoms with Crippen LogP contribution in [0, 0.1) is 5.92 Å². The minimum atomic E-state index is -4.28. The number of piperazine rings is 1. The largest absolute Gasteiger partial charge is 0.393 e. The minimum Gasteiger partial charge on any atom is -0.352 e. The van der Waals surface area contributed by atoms with Gasteiger partial charge < -0.3 is 9.80 Å². The lowest BCUT2D eigenvalue weighted by molar-refractivity contribution is -0.130. The molecule has 1 saturated heterocycles. The lowest BCUT2D eigenvalue weighted by Crippen LogP contribution is -2.49. The Morgan fingerprint density at radius 3 is 2.45 bits per heavy atom. The first-order valence-corrected chi connectivity index (χ1v) is 15.4. The highest BCUT2D eigenvalue weighted by molar-refractivity contribution is 8.00. The van der Waals surface area contributed by atoms with Gasteiger partial charge in [-0.3, -0.25) is 9.10 Å². The molecule has 5 rings (SSSR count). The molecule has 0 spiro atoms. The van der Waals surface area contributed by atoms with Crippen molar-refractivity contribution in [2.24, 2.45) is 5.92 Å². The average molecular weight is 566 g/mol. The molecule has 1 amide bonds. The number of aromatic nitrogens is 2. The first kappa shape index (κ1) is 26.7. The van der Waals surface area contributed by atoms with Gasteiger partial charge in [-0.2, -0.15) is 13.2 Å². The SMILES string of the molecule is C=S(C)(=O)N(CC1CC1)c1ccc(CC(=O)N2CCN(c3ncnc4sc(CC(F)(F)F)cc34)CC2)cc1. The van der Waals surface area contributed by atoms with E-state index in [1.54, 1.807) is 11.2 Å². The molecule has 204 valence electrons. The van der Waals surface area contributed by atoms with Crippen LogP contribution in [0.5, 0.6) is 0 Å². The maximum atomic E-state index is 13.0. The standard InChI is InChI=1S/C26H30F3N5O2S2/c1-38(2,36)34(16-19-3-4-19)20-7-5-18(6-8-20)13-23(35)32-9-11-33(12-10-32)24-22-14-21(15-26(27,28)29)37-25(22)31-17-30-24/h5-8,14,17,19H,1,3-4,9-13,15-16H2,2H3. The second kappa shape index (κ2) is 10.4. The maximum absolute atomic E-state index is 13.0. The van der Waals surface area contributed by atoms with E-state index in [0.717, 1.165) is 42.0 Å². The zero-order chi connectivity index (χ0) is 27.1. The van der Waals surface area contributed by atoms with E-state index in [2.05, 4.69) is 15.8 Å². The van der Waals surface area contributed by atoms with Crippen molar-refractivity contribution < 1.29 is 22.2 Å². The molecule has 1 aliphatic carbocycles. The van der Waals surface area contributed by atoms with Gasteiger partial charge in [0.05, 0.1) is 18.2 Å². The molecule has 1 aromatic carbocycles. The summed E-state index contributed by atoms with van der Waals surface area (Å²) >= 11 is 1.03. The van der Waals surface area contributed by atoms with E-state index in [0.29, 0.717) is 48.1 Å². The Kier molecular flexibility index (Phi) is 7.29. The van der Waals surface area contributed by atoms with Crippen LogP contribution >= 0.6 is 11.3 Å². The second-order valence-electron chi connectivity index (χ2n) is 10.1. The number of thiophene rings is 1. The van der Waals surface area contributed by atoms with Gasteiger partial charge in [0.25, 0.3) is 0 Å². The first-order chi connectivity index (χ1) is 18.0. The number of benzene rings is 1. The van der Waals surface area contributed by atoms with Gasteiger partial charge in [-0.25, -0.2) is 14.2 Å². The molecule has 0 radical (unpaired) electrons. The number of carbonyl (C=O) groups is 1. The van der Waals surface area contributed by atoms with E-state index in [1.165, 1.54) is 12.4 Å². The van der Waals surface area contributed by atoms with Crippen molar-refractivity contribution in [2.75, 3.05) is 48.2 Å². The van der Waals surface area contributed by atoms with E-state index in [-0.39, 0.29) is 17.2 Å². The predicted octanol–water partition coefficient (Wildman–Crippen LogP) is 4.17. The van der Waals surface area contributed by atoms with Gasteiger partial charge in [0, 0.05) is 59.3 Å². The Bertz CT molecular complexity index is 1410. The van der Waals surface area contributed by atoms with Crippen LogP contribution < -0.4 is 9.21 Å². The number of nitrogens with zero attached hydrogens (tertiary/aromatic N) is 5. The van der Waals surface area contributed by atoms with Crippen LogP contribution in [0.4, 0.5) is 24.7 Å². The molecule has 2 aliphatic rings. The number of amides is 1. The van der Waals surface area contributed by atoms with E-state index in [1.807, 2.05) is 33.5 Å². The smallest absolute Gasteiger partial charge is 0.352 e. The predicted molar refractivity (Wildman–Crippen MR) is 147 cm³/mol. The molecule has 0 N–H and O–H groups in total. The molecule has 1 aliphatic heterocycles. The van der Waals surface area contributed by atoms with Crippen LogP contribution in [0.1, 0.15) is 23.3 Å². The van der Waals surface area contributed by atoms with Gasteiger partial charge in [0.1, 0.15) is 17.0 Å². The van der Waals surface area contributed by atoms with Gasteiger partial charge >= 0.3 is 6.18 Å². The third-order valence-electron chi connectivity index (χ3n) is 6.83. The highest BCUT2D eigenvalue weighted by Crippen LogP contribution is 2.34. The van der Waals surface area contributed by atoms with Crippen LogP contribution in [0.2, 0.25) is 0 Å². The molecule has 1 saturated carbocycles. The van der Waals surface area contributed by atoms with Gasteiger partial charge in [-0.15, -0.1) is 11.3 Å². The Morgan fingerprint density at radius 2 is 1.84 bits per heavy atom. The van der Waals surface area contributed by atoms with Crippen molar-refractivity contribution >= 4 is 54.5 Å². The molecule has 0 bridgehead atoms. The van der Waals surface area contributed by atoms with Crippen LogP contribution in [0.3, 0.4) is 0 Å². The number of carbonyl (C=O) groups excluding carboxylic acids is 1. The quantitative estimate of drug-likeness (QED) is 0.384. The average Bonchev–Trinajstić information content (AvgIpc) is 3.58. The number of anilines is 2. The normalized spacial score (nSPS) is 18.0. The van der Waals surface area contributed by atoms with E-state index < -0.39 is 22.3 Å². The molecule has 3 aromatic rings. The highest BCUT2D eigenvalue weighted by atomic mass is 32.2. The Balaban J connectivity index is 1.20. The zero-order valence-electron chi connectivity index (χ0n) is 21.1. The third-order valence-corrected chi connectivity index (χ3v) is 9.17. The van der Waals surface area contributed by atoms with Gasteiger partial charge in [-0.05, 0) is 48.4 Å². The van der Waals surface area contributed by atoms with Crippen molar-refractivity contribution in [1.29, 1.82) is 0 Å². The molecule has 2 aromatic heterocycles. The highest BCUT2D eigenvalue weighted by Gasteiger charge is 2.30. The summed E-state index contributed by atoms with van der Waals surface area (Å²) in [5.74, 6) is 5.04. The fraction of sp³-hybridized carbons (Fsp3) is 0.462. The van der Waals surface area contributed by atoms with Crippen molar-refractivity contribution in [3.8, 4) is 0 Å². The van der Waals surface area contributed by atoms with E-state index in [4.69, 9.17) is 0 Å². The van der Waals surface area contributed by atoms with E-state index in [9.17, 15) is 22.2 Å². The molecule has 1 atom stereocenters. The fourth-order valence-corrected chi connectivity index (χ4v) is 6.80. The Labute approximate surface area is 224 Å². The topological polar surface area (TPSA) is 69.6 Å². The number of hydrogen-bond donors (Lipinski definition) is 0. The molecule has 38 heavy (non-hydrogen) atoms. The number of fused-ring (bicyclic) bond motifs is 1. The number of hydrogen-bond acceptors (Lipinski definition) is 6. The molecular formula is C26H30F3N5O2S2. The molecule has 2 fully saturated rings. The molecule has 7 nitrogen and oxygen atoms in total. The first-order valence-electron chi connectivity index (χ1n) is 12.5. The second-order valence-corrected chi connectivity index (χ2v) is 13.6. The Morgan fingerprint density at radius 1 is 1.16 bits per heavy atom. The van der Waals surface area contributed by atoms with Gasteiger partial charge in [0.15, 0.2) is 0 Å². The summed E-state index contributed by atoms with van der Waals surface area (Å²) in [7, 11) is -2.38. The number of halogens is 3. The van der Waals surface area contributed by atoms with Crippen molar-refractivity contribution in [2.45, 2.75) is 31.9 Å². The summed E-state index contributed by atoms with van der Waals surface area (Å²) in [5.41, 5.74) is 1.74.